The van der Waals surface area contributed by atoms with Gasteiger partial charge in [-0.1, -0.05) is 0 Å². The summed E-state index contributed by atoms with van der Waals surface area (Å²) >= 11 is 1.76. The SMILES string of the molecule is c1cn(-c2ccc3c(c2)OCO3)c(-c2ccc([C@@H]3CCCO3)s2)n1. The predicted molar refractivity (Wildman–Crippen MR) is 90.9 cm³/mol. The van der Waals surface area contributed by atoms with Crippen LogP contribution in [0.2, 0.25) is 0 Å². The highest BCUT2D eigenvalue weighted by atomic mass is 32.1. The second-order valence-corrected chi connectivity index (χ2v) is 6.98. The lowest BCUT2D eigenvalue weighted by Crippen LogP contribution is -1.95. The molecule has 3 aromatic rings. The van der Waals surface area contributed by atoms with Crippen LogP contribution in [0.1, 0.15) is 23.8 Å². The van der Waals surface area contributed by atoms with Gasteiger partial charge in [-0.05, 0) is 37.1 Å². The standard InChI is InChI=1S/C18H16N2O3S/c1-2-14(21-9-1)16-5-6-17(24-16)18-19-7-8-20(18)12-3-4-13-15(10-12)23-11-22-13/h3-8,10,14H,1-2,9,11H2/t14-/m0/s1. The summed E-state index contributed by atoms with van der Waals surface area (Å²) in [6.07, 6.45) is 6.29. The minimum atomic E-state index is 0.248. The fourth-order valence-electron chi connectivity index (χ4n) is 3.18. The quantitative estimate of drug-likeness (QED) is 0.717. The summed E-state index contributed by atoms with van der Waals surface area (Å²) in [5, 5.41) is 0. The molecule has 0 amide bonds. The van der Waals surface area contributed by atoms with E-state index < -0.39 is 0 Å². The van der Waals surface area contributed by atoms with Crippen LogP contribution in [0.5, 0.6) is 11.5 Å². The zero-order valence-corrected chi connectivity index (χ0v) is 13.8. The highest BCUT2D eigenvalue weighted by Gasteiger charge is 2.21. The van der Waals surface area contributed by atoms with Crippen molar-refractivity contribution in [3.63, 3.8) is 0 Å². The van der Waals surface area contributed by atoms with Crippen LogP contribution in [0.15, 0.2) is 42.7 Å². The molecule has 0 spiro atoms. The van der Waals surface area contributed by atoms with Crippen LogP contribution in [-0.2, 0) is 4.74 Å². The summed E-state index contributed by atoms with van der Waals surface area (Å²) in [4.78, 5) is 6.98. The number of aromatic nitrogens is 2. The molecule has 6 heteroatoms. The van der Waals surface area contributed by atoms with Gasteiger partial charge in [0.05, 0.1) is 16.7 Å². The Morgan fingerprint density at radius 3 is 3.00 bits per heavy atom. The van der Waals surface area contributed by atoms with Crippen LogP contribution in [0.3, 0.4) is 0 Å². The molecule has 0 radical (unpaired) electrons. The number of benzene rings is 1. The number of rotatable bonds is 3. The van der Waals surface area contributed by atoms with Crippen molar-refractivity contribution in [2.75, 3.05) is 13.4 Å². The molecule has 0 N–H and O–H groups in total. The fourth-order valence-corrected chi connectivity index (χ4v) is 4.26. The average molecular weight is 340 g/mol. The van der Waals surface area contributed by atoms with Gasteiger partial charge < -0.3 is 14.2 Å². The van der Waals surface area contributed by atoms with Crippen LogP contribution in [-0.4, -0.2) is 23.0 Å². The Hall–Kier alpha value is -2.31. The molecule has 5 rings (SSSR count). The monoisotopic (exact) mass is 340 g/mol. The number of ether oxygens (including phenoxy) is 3. The maximum Gasteiger partial charge on any atom is 0.231 e. The van der Waals surface area contributed by atoms with Crippen molar-refractivity contribution in [1.29, 1.82) is 0 Å². The molecular formula is C18H16N2O3S. The number of imidazole rings is 1. The van der Waals surface area contributed by atoms with Gasteiger partial charge >= 0.3 is 0 Å². The Morgan fingerprint density at radius 1 is 1.12 bits per heavy atom. The molecule has 1 atom stereocenters. The smallest absolute Gasteiger partial charge is 0.231 e. The third-order valence-corrected chi connectivity index (χ3v) is 5.54. The van der Waals surface area contributed by atoms with E-state index in [1.807, 2.05) is 30.6 Å². The van der Waals surface area contributed by atoms with Crippen LogP contribution in [0, 0.1) is 0 Å². The first-order valence-corrected chi connectivity index (χ1v) is 8.85. The van der Waals surface area contributed by atoms with Crippen LogP contribution in [0.25, 0.3) is 16.4 Å². The molecule has 1 saturated heterocycles. The van der Waals surface area contributed by atoms with Crippen molar-refractivity contribution in [3.8, 4) is 27.9 Å². The molecule has 0 bridgehead atoms. The molecule has 2 aliphatic heterocycles. The summed E-state index contributed by atoms with van der Waals surface area (Å²) in [6, 6.07) is 10.2. The Balaban J connectivity index is 1.51. The summed E-state index contributed by atoms with van der Waals surface area (Å²) in [7, 11) is 0. The van der Waals surface area contributed by atoms with Gasteiger partial charge in [-0.2, -0.15) is 0 Å². The number of nitrogens with zero attached hydrogens (tertiary/aromatic N) is 2. The molecule has 4 heterocycles. The van der Waals surface area contributed by atoms with Gasteiger partial charge in [-0.25, -0.2) is 4.98 Å². The number of thiophene rings is 1. The van der Waals surface area contributed by atoms with Crippen LogP contribution >= 0.6 is 11.3 Å². The number of hydrogen-bond acceptors (Lipinski definition) is 5. The lowest BCUT2D eigenvalue weighted by Gasteiger charge is -2.08. The molecule has 2 aromatic heterocycles. The molecular weight excluding hydrogens is 324 g/mol. The molecule has 1 fully saturated rings. The molecule has 0 saturated carbocycles. The van der Waals surface area contributed by atoms with Crippen molar-refractivity contribution >= 4 is 11.3 Å². The Bertz CT molecular complexity index is 880. The summed E-state index contributed by atoms with van der Waals surface area (Å²) < 4.78 is 18.7. The van der Waals surface area contributed by atoms with E-state index in [4.69, 9.17) is 14.2 Å². The largest absolute Gasteiger partial charge is 0.454 e. The fraction of sp³-hybridized carbons (Fsp3) is 0.278. The Morgan fingerprint density at radius 2 is 2.08 bits per heavy atom. The maximum absolute atomic E-state index is 5.79. The van der Waals surface area contributed by atoms with Crippen LogP contribution < -0.4 is 9.47 Å². The normalized spacial score (nSPS) is 19.1. The van der Waals surface area contributed by atoms with Crippen molar-refractivity contribution < 1.29 is 14.2 Å². The molecule has 5 nitrogen and oxygen atoms in total. The number of hydrogen-bond donors (Lipinski definition) is 0. The van der Waals surface area contributed by atoms with E-state index in [-0.39, 0.29) is 12.9 Å². The van der Waals surface area contributed by atoms with Crippen molar-refractivity contribution in [3.05, 3.63) is 47.6 Å². The summed E-state index contributed by atoms with van der Waals surface area (Å²) in [5.74, 6) is 2.50. The Kier molecular flexibility index (Phi) is 3.31. The molecule has 0 unspecified atom stereocenters. The van der Waals surface area contributed by atoms with E-state index in [1.165, 1.54) is 4.88 Å². The van der Waals surface area contributed by atoms with E-state index in [9.17, 15) is 0 Å². The van der Waals surface area contributed by atoms with E-state index in [2.05, 4.69) is 21.7 Å². The minimum Gasteiger partial charge on any atom is -0.454 e. The van der Waals surface area contributed by atoms with Crippen molar-refractivity contribution in [2.24, 2.45) is 0 Å². The lowest BCUT2D eigenvalue weighted by molar-refractivity contribution is 0.114. The van der Waals surface area contributed by atoms with E-state index in [0.717, 1.165) is 47.3 Å². The molecule has 2 aliphatic rings. The topological polar surface area (TPSA) is 45.5 Å². The zero-order valence-electron chi connectivity index (χ0n) is 13.0. The van der Waals surface area contributed by atoms with Gasteiger partial charge in [0.25, 0.3) is 0 Å². The number of fused-ring (bicyclic) bond motifs is 1. The molecule has 0 aliphatic carbocycles. The highest BCUT2D eigenvalue weighted by molar-refractivity contribution is 7.15. The van der Waals surface area contributed by atoms with E-state index in [1.54, 1.807) is 11.3 Å². The molecule has 24 heavy (non-hydrogen) atoms. The second kappa shape index (κ2) is 5.65. The molecule has 122 valence electrons. The zero-order chi connectivity index (χ0) is 15.9. The summed E-state index contributed by atoms with van der Waals surface area (Å²) in [5.41, 5.74) is 1.01. The minimum absolute atomic E-state index is 0.248. The average Bonchev–Trinajstić information content (AvgIpc) is 3.41. The Labute approximate surface area is 143 Å². The first kappa shape index (κ1) is 14.1. The first-order chi connectivity index (χ1) is 11.9. The third kappa shape index (κ3) is 2.30. The first-order valence-electron chi connectivity index (χ1n) is 8.03. The van der Waals surface area contributed by atoms with Gasteiger partial charge in [0.2, 0.25) is 6.79 Å². The predicted octanol–water partition coefficient (Wildman–Crippen LogP) is 4.18. The van der Waals surface area contributed by atoms with Gasteiger partial charge in [-0.3, -0.25) is 4.57 Å². The maximum atomic E-state index is 5.79. The van der Waals surface area contributed by atoms with Gasteiger partial charge in [0.15, 0.2) is 17.3 Å². The van der Waals surface area contributed by atoms with E-state index >= 15 is 0 Å². The van der Waals surface area contributed by atoms with Crippen molar-refractivity contribution in [1.82, 2.24) is 9.55 Å². The van der Waals surface area contributed by atoms with Crippen molar-refractivity contribution in [2.45, 2.75) is 18.9 Å². The van der Waals surface area contributed by atoms with Gasteiger partial charge in [0, 0.05) is 29.9 Å². The van der Waals surface area contributed by atoms with Gasteiger partial charge in [0.1, 0.15) is 0 Å². The summed E-state index contributed by atoms with van der Waals surface area (Å²) in [6.45, 7) is 1.15. The third-order valence-electron chi connectivity index (χ3n) is 4.37. The molecule has 1 aromatic carbocycles. The highest BCUT2D eigenvalue weighted by Crippen LogP contribution is 2.38. The van der Waals surface area contributed by atoms with E-state index in [0.29, 0.717) is 0 Å². The lowest BCUT2D eigenvalue weighted by atomic mass is 10.2. The second-order valence-electron chi connectivity index (χ2n) is 5.86. The van der Waals surface area contributed by atoms with Crippen LogP contribution in [0.4, 0.5) is 0 Å². The van der Waals surface area contributed by atoms with Gasteiger partial charge in [-0.15, -0.1) is 11.3 Å².